The van der Waals surface area contributed by atoms with E-state index < -0.39 is 12.0 Å². The Kier molecular flexibility index (Phi) is 6.25. The number of hydrogen-bond donors (Lipinski definition) is 1. The van der Waals surface area contributed by atoms with E-state index in [4.69, 9.17) is 4.74 Å². The van der Waals surface area contributed by atoms with Crippen LogP contribution >= 0.6 is 11.8 Å². The van der Waals surface area contributed by atoms with E-state index in [1.54, 1.807) is 7.11 Å². The molecule has 25 heavy (non-hydrogen) atoms. The Hall–Kier alpha value is -1.24. The Labute approximate surface area is 154 Å². The third-order valence-corrected chi connectivity index (χ3v) is 6.28. The molecule has 2 heterocycles. The molecule has 1 atom stereocenters. The minimum Gasteiger partial charge on any atom is -0.496 e. The minimum absolute atomic E-state index is 0.603. The highest BCUT2D eigenvalue weighted by Crippen LogP contribution is 2.33. The number of benzene rings is 1. The maximum absolute atomic E-state index is 12.1. The molecule has 0 aromatic heterocycles. The van der Waals surface area contributed by atoms with Crippen LogP contribution in [0.3, 0.4) is 0 Å². The summed E-state index contributed by atoms with van der Waals surface area (Å²) >= 11 is 2.03. The predicted molar refractivity (Wildman–Crippen MR) is 102 cm³/mol. The van der Waals surface area contributed by atoms with Gasteiger partial charge in [-0.05, 0) is 25.8 Å². The van der Waals surface area contributed by atoms with Crippen LogP contribution in [0.25, 0.3) is 0 Å². The summed E-state index contributed by atoms with van der Waals surface area (Å²) in [5.74, 6) is 2.31. The van der Waals surface area contributed by atoms with Gasteiger partial charge in [-0.3, -0.25) is 14.6 Å². The number of nitrogens with zero attached hydrogens (tertiary/aromatic N) is 2. The van der Waals surface area contributed by atoms with Crippen LogP contribution in [-0.2, 0) is 4.79 Å². The van der Waals surface area contributed by atoms with Crippen molar-refractivity contribution in [3.8, 4) is 5.75 Å². The first-order chi connectivity index (χ1) is 12.1. The summed E-state index contributed by atoms with van der Waals surface area (Å²) in [6, 6.07) is 5.75. The van der Waals surface area contributed by atoms with Crippen molar-refractivity contribution in [3.63, 3.8) is 0 Å². The number of aliphatic carboxylic acids is 1. The first-order valence-corrected chi connectivity index (χ1v) is 10.2. The SMILES string of the molecule is COc1ccc(C)cc1[C@@H](C(=O)O)N1CCC(N2CCSCC2)CC1. The Morgan fingerprint density at radius 2 is 1.92 bits per heavy atom. The Morgan fingerprint density at radius 3 is 2.52 bits per heavy atom. The summed E-state index contributed by atoms with van der Waals surface area (Å²) in [4.78, 5) is 16.8. The van der Waals surface area contributed by atoms with Crippen LogP contribution in [-0.4, -0.2) is 71.7 Å². The van der Waals surface area contributed by atoms with Crippen molar-refractivity contribution in [1.29, 1.82) is 0 Å². The molecule has 0 amide bonds. The van der Waals surface area contributed by atoms with Gasteiger partial charge in [-0.1, -0.05) is 17.7 Å². The lowest BCUT2D eigenvalue weighted by molar-refractivity contribution is -0.144. The molecule has 2 saturated heterocycles. The molecule has 1 aromatic rings. The molecule has 0 unspecified atom stereocenters. The zero-order valence-corrected chi connectivity index (χ0v) is 15.9. The number of aryl methyl sites for hydroxylation is 1. The number of carboxylic acid groups (broad SMARTS) is 1. The van der Waals surface area contributed by atoms with E-state index in [0.717, 1.165) is 37.1 Å². The number of hydrogen-bond acceptors (Lipinski definition) is 5. The minimum atomic E-state index is -0.795. The molecule has 0 radical (unpaired) electrons. The van der Waals surface area contributed by atoms with Gasteiger partial charge in [-0.2, -0.15) is 11.8 Å². The van der Waals surface area contributed by atoms with Crippen molar-refractivity contribution < 1.29 is 14.6 Å². The summed E-state index contributed by atoms with van der Waals surface area (Å²) in [5.41, 5.74) is 1.82. The molecule has 1 aromatic carbocycles. The Balaban J connectivity index is 1.72. The largest absolute Gasteiger partial charge is 0.496 e. The van der Waals surface area contributed by atoms with Gasteiger partial charge in [0.05, 0.1) is 7.11 Å². The summed E-state index contributed by atoms with van der Waals surface area (Å²) in [7, 11) is 1.60. The van der Waals surface area contributed by atoms with E-state index in [1.165, 1.54) is 24.6 Å². The lowest BCUT2D eigenvalue weighted by Crippen LogP contribution is -2.49. The van der Waals surface area contributed by atoms with E-state index in [0.29, 0.717) is 11.8 Å². The Bertz CT molecular complexity index is 596. The Morgan fingerprint density at radius 1 is 1.24 bits per heavy atom. The topological polar surface area (TPSA) is 53.0 Å². The fourth-order valence-electron chi connectivity index (χ4n) is 4.01. The monoisotopic (exact) mass is 364 g/mol. The number of rotatable bonds is 5. The molecule has 0 spiro atoms. The molecule has 3 rings (SSSR count). The van der Waals surface area contributed by atoms with Crippen molar-refractivity contribution in [2.45, 2.75) is 31.8 Å². The molecule has 138 valence electrons. The molecule has 5 nitrogen and oxygen atoms in total. The number of carboxylic acids is 1. The van der Waals surface area contributed by atoms with Gasteiger partial charge >= 0.3 is 5.97 Å². The van der Waals surface area contributed by atoms with Gasteiger partial charge in [0.15, 0.2) is 0 Å². The number of likely N-dealkylation sites (tertiary alicyclic amines) is 1. The zero-order chi connectivity index (χ0) is 17.8. The first-order valence-electron chi connectivity index (χ1n) is 9.03. The quantitative estimate of drug-likeness (QED) is 0.867. The van der Waals surface area contributed by atoms with Gasteiger partial charge < -0.3 is 9.84 Å². The predicted octanol–water partition coefficient (Wildman–Crippen LogP) is 2.64. The van der Waals surface area contributed by atoms with Crippen LogP contribution in [0, 0.1) is 6.92 Å². The van der Waals surface area contributed by atoms with Crippen molar-refractivity contribution in [2.24, 2.45) is 0 Å². The maximum atomic E-state index is 12.1. The second-order valence-corrected chi connectivity index (χ2v) is 8.13. The van der Waals surface area contributed by atoms with E-state index in [1.807, 2.05) is 36.9 Å². The fourth-order valence-corrected chi connectivity index (χ4v) is 4.94. The van der Waals surface area contributed by atoms with Crippen LogP contribution < -0.4 is 4.74 Å². The van der Waals surface area contributed by atoms with E-state index in [-0.39, 0.29) is 0 Å². The maximum Gasteiger partial charge on any atom is 0.325 e. The third kappa shape index (κ3) is 4.30. The lowest BCUT2D eigenvalue weighted by Gasteiger charge is -2.41. The highest BCUT2D eigenvalue weighted by molar-refractivity contribution is 7.99. The fraction of sp³-hybridized carbons (Fsp3) is 0.632. The average Bonchev–Trinajstić information content (AvgIpc) is 2.63. The van der Waals surface area contributed by atoms with Crippen LogP contribution in [0.1, 0.15) is 30.0 Å². The molecule has 6 heteroatoms. The number of methoxy groups -OCH3 is 1. The standard InChI is InChI=1S/C19H28N2O3S/c1-14-3-4-17(24-2)16(13-14)18(19(22)23)21-7-5-15(6-8-21)20-9-11-25-12-10-20/h3-4,13,15,18H,5-12H2,1-2H3,(H,22,23)/t18-/m0/s1. The highest BCUT2D eigenvalue weighted by Gasteiger charge is 2.34. The second kappa shape index (κ2) is 8.43. The molecule has 2 fully saturated rings. The summed E-state index contributed by atoms with van der Waals surface area (Å²) in [6.45, 7) is 5.97. The average molecular weight is 365 g/mol. The summed E-state index contributed by atoms with van der Waals surface area (Å²) in [5, 5.41) is 9.89. The summed E-state index contributed by atoms with van der Waals surface area (Å²) in [6.07, 6.45) is 2.09. The van der Waals surface area contributed by atoms with Crippen LogP contribution in [0.5, 0.6) is 5.75 Å². The number of ether oxygens (including phenoxy) is 1. The van der Waals surface area contributed by atoms with Gasteiger partial charge in [-0.15, -0.1) is 0 Å². The molecular weight excluding hydrogens is 336 g/mol. The highest BCUT2D eigenvalue weighted by atomic mass is 32.2. The molecule has 0 saturated carbocycles. The molecule has 1 N–H and O–H groups in total. The van der Waals surface area contributed by atoms with Crippen LogP contribution in [0.2, 0.25) is 0 Å². The molecule has 2 aliphatic rings. The van der Waals surface area contributed by atoms with Gasteiger partial charge in [0, 0.05) is 49.3 Å². The van der Waals surface area contributed by atoms with Crippen molar-refractivity contribution in [2.75, 3.05) is 44.8 Å². The number of carbonyl (C=O) groups is 1. The smallest absolute Gasteiger partial charge is 0.325 e. The van der Waals surface area contributed by atoms with Crippen molar-refractivity contribution >= 4 is 17.7 Å². The zero-order valence-electron chi connectivity index (χ0n) is 15.1. The lowest BCUT2D eigenvalue weighted by atomic mass is 9.96. The molecule has 2 aliphatic heterocycles. The second-order valence-electron chi connectivity index (χ2n) is 6.90. The summed E-state index contributed by atoms with van der Waals surface area (Å²) < 4.78 is 5.44. The van der Waals surface area contributed by atoms with E-state index in [2.05, 4.69) is 9.80 Å². The molecule has 0 bridgehead atoms. The van der Waals surface area contributed by atoms with Crippen molar-refractivity contribution in [1.82, 2.24) is 9.80 Å². The number of thioether (sulfide) groups is 1. The van der Waals surface area contributed by atoms with Gasteiger partial charge in [-0.25, -0.2) is 0 Å². The van der Waals surface area contributed by atoms with E-state index in [9.17, 15) is 9.90 Å². The number of piperidine rings is 1. The van der Waals surface area contributed by atoms with Crippen LogP contribution in [0.4, 0.5) is 0 Å². The van der Waals surface area contributed by atoms with Gasteiger partial charge in [0.1, 0.15) is 11.8 Å². The van der Waals surface area contributed by atoms with E-state index >= 15 is 0 Å². The normalized spacial score (nSPS) is 21.8. The van der Waals surface area contributed by atoms with Gasteiger partial charge in [0.2, 0.25) is 0 Å². The first kappa shape index (κ1) is 18.5. The van der Waals surface area contributed by atoms with Crippen molar-refractivity contribution in [3.05, 3.63) is 29.3 Å². The molecular formula is C19H28N2O3S. The molecule has 0 aliphatic carbocycles. The van der Waals surface area contributed by atoms with Crippen LogP contribution in [0.15, 0.2) is 18.2 Å². The third-order valence-electron chi connectivity index (χ3n) is 5.34. The van der Waals surface area contributed by atoms with Gasteiger partial charge in [0.25, 0.3) is 0 Å².